The van der Waals surface area contributed by atoms with E-state index in [2.05, 4.69) is 10.8 Å². The summed E-state index contributed by atoms with van der Waals surface area (Å²) in [7, 11) is 1.27. The number of benzene rings is 1. The molecule has 1 N–H and O–H groups in total. The third-order valence-corrected chi connectivity index (χ3v) is 1.48. The fraction of sp³-hybridized carbons (Fsp3) is 0.222. The lowest BCUT2D eigenvalue weighted by molar-refractivity contribution is 0.0597. The molecule has 0 bridgehead atoms. The summed E-state index contributed by atoms with van der Waals surface area (Å²) in [6, 6.07) is 5.80. The van der Waals surface area contributed by atoms with E-state index in [0.717, 1.165) is 5.56 Å². The van der Waals surface area contributed by atoms with Gasteiger partial charge < -0.3 is 9.84 Å². The number of aryl methyl sites for hydroxylation is 1. The molecule has 0 saturated carbocycles. The number of rotatable bonds is 1. The number of phenolic OH excluding ortho intramolecular Hbond substituents is 1. The van der Waals surface area contributed by atoms with Crippen LogP contribution in [0.4, 0.5) is 0 Å². The summed E-state index contributed by atoms with van der Waals surface area (Å²) in [6.45, 7) is 1.78. The van der Waals surface area contributed by atoms with Crippen LogP contribution in [0.25, 0.3) is 0 Å². The molecule has 0 aliphatic carbocycles. The fourth-order valence-corrected chi connectivity index (χ4v) is 0.858. The van der Waals surface area contributed by atoms with Crippen LogP contribution < -0.4 is 0 Å². The Morgan fingerprint density at radius 1 is 1.58 bits per heavy atom. The second-order valence-corrected chi connectivity index (χ2v) is 2.40. The molecule has 1 rings (SSSR count). The molecule has 0 amide bonds. The van der Waals surface area contributed by atoms with Crippen LogP contribution in [0.2, 0.25) is 0 Å². The molecule has 3 heteroatoms. The van der Waals surface area contributed by atoms with E-state index in [0.29, 0.717) is 0 Å². The third kappa shape index (κ3) is 1.56. The van der Waals surface area contributed by atoms with Gasteiger partial charge in [0.15, 0.2) is 0 Å². The summed E-state index contributed by atoms with van der Waals surface area (Å²) in [5, 5.41) is 9.24. The lowest BCUT2D eigenvalue weighted by Crippen LogP contribution is -2.01. The lowest BCUT2D eigenvalue weighted by atomic mass is 10.1. The van der Waals surface area contributed by atoms with Gasteiger partial charge in [-0.15, -0.1) is 0 Å². The van der Waals surface area contributed by atoms with Crippen molar-refractivity contribution in [1.29, 1.82) is 0 Å². The highest BCUT2D eigenvalue weighted by Gasteiger charge is 2.10. The van der Waals surface area contributed by atoms with Crippen molar-refractivity contribution in [2.45, 2.75) is 6.92 Å². The maximum Gasteiger partial charge on any atom is 0.341 e. The first-order chi connectivity index (χ1) is 5.65. The van der Waals surface area contributed by atoms with Crippen LogP contribution in [0.1, 0.15) is 15.9 Å². The first kappa shape index (κ1) is 8.59. The van der Waals surface area contributed by atoms with Crippen molar-refractivity contribution in [3.63, 3.8) is 0 Å². The van der Waals surface area contributed by atoms with Crippen molar-refractivity contribution in [1.82, 2.24) is 0 Å². The number of carbonyl (C=O) groups is 1. The minimum absolute atomic E-state index is 0.142. The van der Waals surface area contributed by atoms with Gasteiger partial charge in [0.25, 0.3) is 0 Å². The minimum Gasteiger partial charge on any atom is -0.506 e. The molecule has 1 aromatic rings. The topological polar surface area (TPSA) is 46.5 Å². The average Bonchev–Trinajstić information content (AvgIpc) is 2.03. The zero-order chi connectivity index (χ0) is 9.14. The first-order valence-corrected chi connectivity index (χ1v) is 3.45. The van der Waals surface area contributed by atoms with Crippen LogP contribution in [-0.4, -0.2) is 18.2 Å². The molecule has 0 aromatic heterocycles. The second-order valence-electron chi connectivity index (χ2n) is 2.40. The molecule has 0 spiro atoms. The molecule has 1 radical (unpaired) electrons. The molecule has 0 atom stereocenters. The minimum atomic E-state index is -0.552. The molecule has 0 saturated heterocycles. The van der Waals surface area contributed by atoms with Gasteiger partial charge in [0.2, 0.25) is 0 Å². The van der Waals surface area contributed by atoms with Crippen molar-refractivity contribution in [2.75, 3.05) is 7.11 Å². The molecular weight excluding hydrogens is 156 g/mol. The van der Waals surface area contributed by atoms with Crippen LogP contribution >= 0.6 is 0 Å². The van der Waals surface area contributed by atoms with E-state index in [1.165, 1.54) is 13.2 Å². The number of methoxy groups -OCH3 is 1. The molecule has 0 unspecified atom stereocenters. The Bertz CT molecular complexity index is 305. The van der Waals surface area contributed by atoms with E-state index >= 15 is 0 Å². The Morgan fingerprint density at radius 3 is 2.75 bits per heavy atom. The van der Waals surface area contributed by atoms with Crippen molar-refractivity contribution < 1.29 is 14.6 Å². The zero-order valence-corrected chi connectivity index (χ0v) is 6.92. The summed E-state index contributed by atoms with van der Waals surface area (Å²) in [5.41, 5.74) is 0.920. The average molecular weight is 165 g/mol. The molecule has 0 fully saturated rings. The van der Waals surface area contributed by atoms with Gasteiger partial charge >= 0.3 is 5.97 Å². The van der Waals surface area contributed by atoms with E-state index in [-0.39, 0.29) is 11.3 Å². The molecule has 63 valence electrons. The van der Waals surface area contributed by atoms with Crippen LogP contribution in [0.3, 0.4) is 0 Å². The van der Waals surface area contributed by atoms with E-state index in [4.69, 9.17) is 0 Å². The molecule has 1 aromatic carbocycles. The Labute approximate surface area is 70.6 Å². The van der Waals surface area contributed by atoms with E-state index in [1.54, 1.807) is 13.0 Å². The van der Waals surface area contributed by atoms with Crippen molar-refractivity contribution in [3.05, 3.63) is 29.3 Å². The predicted octanol–water partition coefficient (Wildman–Crippen LogP) is 1.29. The fourth-order valence-electron chi connectivity index (χ4n) is 0.858. The van der Waals surface area contributed by atoms with E-state index < -0.39 is 5.97 Å². The first-order valence-electron chi connectivity index (χ1n) is 3.45. The Balaban J connectivity index is 3.09. The number of aromatic hydroxyl groups is 1. The highest BCUT2D eigenvalue weighted by atomic mass is 16.5. The van der Waals surface area contributed by atoms with Gasteiger partial charge in [-0.05, 0) is 18.6 Å². The number of carbonyl (C=O) groups excluding carboxylic acids is 1. The SMILES string of the molecule is COC(=O)c1ccc(C)[c]c1O. The molecule has 0 aliphatic rings. The van der Waals surface area contributed by atoms with Crippen LogP contribution in [0, 0.1) is 13.0 Å². The molecule has 3 nitrogen and oxygen atoms in total. The summed E-state index contributed by atoms with van der Waals surface area (Å²) in [4.78, 5) is 10.9. The van der Waals surface area contributed by atoms with Gasteiger partial charge in [-0.25, -0.2) is 4.79 Å². The highest BCUT2D eigenvalue weighted by Crippen LogP contribution is 2.17. The standard InChI is InChI=1S/C9H9O3/c1-6-3-4-7(8(10)5-6)9(11)12-2/h3-4,10H,1-2H3. The van der Waals surface area contributed by atoms with E-state index in [1.807, 2.05) is 0 Å². The van der Waals surface area contributed by atoms with Crippen LogP contribution in [0.15, 0.2) is 12.1 Å². The zero-order valence-electron chi connectivity index (χ0n) is 6.92. The summed E-state index contributed by atoms with van der Waals surface area (Å²) in [6.07, 6.45) is 0. The highest BCUT2D eigenvalue weighted by molar-refractivity contribution is 5.92. The van der Waals surface area contributed by atoms with E-state index in [9.17, 15) is 9.90 Å². The Kier molecular flexibility index (Phi) is 2.33. The molecule has 0 aliphatic heterocycles. The maximum atomic E-state index is 10.9. The number of phenols is 1. The van der Waals surface area contributed by atoms with Crippen molar-refractivity contribution >= 4 is 5.97 Å². The monoisotopic (exact) mass is 165 g/mol. The molecular formula is C9H9O3. The van der Waals surface area contributed by atoms with Gasteiger partial charge in [-0.2, -0.15) is 0 Å². The van der Waals surface area contributed by atoms with Gasteiger partial charge in [0, 0.05) is 6.07 Å². The summed E-state index contributed by atoms with van der Waals surface area (Å²) in [5.74, 6) is -0.717. The molecule has 0 heterocycles. The van der Waals surface area contributed by atoms with Gasteiger partial charge in [-0.1, -0.05) is 6.07 Å². The summed E-state index contributed by atoms with van der Waals surface area (Å²) >= 11 is 0. The summed E-state index contributed by atoms with van der Waals surface area (Å²) < 4.78 is 4.44. The van der Waals surface area contributed by atoms with Crippen molar-refractivity contribution in [2.24, 2.45) is 0 Å². The van der Waals surface area contributed by atoms with Gasteiger partial charge in [0.05, 0.1) is 7.11 Å². The lowest BCUT2D eigenvalue weighted by Gasteiger charge is -2.01. The quantitative estimate of drug-likeness (QED) is 0.638. The van der Waals surface area contributed by atoms with Crippen LogP contribution in [0.5, 0.6) is 5.75 Å². The number of esters is 1. The number of hydrogen-bond acceptors (Lipinski definition) is 3. The number of hydrogen-bond donors (Lipinski definition) is 1. The normalized spacial score (nSPS) is 9.50. The van der Waals surface area contributed by atoms with Crippen LogP contribution in [-0.2, 0) is 4.74 Å². The number of ether oxygens (including phenoxy) is 1. The van der Waals surface area contributed by atoms with Gasteiger partial charge in [0.1, 0.15) is 11.3 Å². The third-order valence-electron chi connectivity index (χ3n) is 1.48. The predicted molar refractivity (Wildman–Crippen MR) is 43.0 cm³/mol. The largest absolute Gasteiger partial charge is 0.506 e. The molecule has 12 heavy (non-hydrogen) atoms. The maximum absolute atomic E-state index is 10.9. The Morgan fingerprint density at radius 2 is 2.25 bits per heavy atom. The van der Waals surface area contributed by atoms with Gasteiger partial charge in [-0.3, -0.25) is 0 Å². The second kappa shape index (κ2) is 3.26. The van der Waals surface area contributed by atoms with Crippen molar-refractivity contribution in [3.8, 4) is 5.75 Å². The Hall–Kier alpha value is -1.51. The smallest absolute Gasteiger partial charge is 0.341 e.